The summed E-state index contributed by atoms with van der Waals surface area (Å²) in [4.78, 5) is 12.9. The van der Waals surface area contributed by atoms with Gasteiger partial charge in [-0.2, -0.15) is 0 Å². The molecule has 0 aromatic carbocycles. The third-order valence-corrected chi connectivity index (χ3v) is 10.4. The second kappa shape index (κ2) is 7.59. The molecule has 0 saturated heterocycles. The summed E-state index contributed by atoms with van der Waals surface area (Å²) in [5, 5.41) is 0. The molecule has 0 N–H and O–H groups in total. The van der Waals surface area contributed by atoms with Crippen LogP contribution in [0.25, 0.3) is 0 Å². The van der Waals surface area contributed by atoms with Crippen molar-refractivity contribution < 1.29 is 4.79 Å². The van der Waals surface area contributed by atoms with Crippen LogP contribution in [0.5, 0.6) is 0 Å². The van der Waals surface area contributed by atoms with Crippen molar-refractivity contribution in [2.75, 3.05) is 0 Å². The Labute approximate surface area is 174 Å². The fourth-order valence-corrected chi connectivity index (χ4v) is 8.79. The van der Waals surface area contributed by atoms with E-state index in [1.165, 1.54) is 64.2 Å². The van der Waals surface area contributed by atoms with Gasteiger partial charge in [0.1, 0.15) is 0 Å². The summed E-state index contributed by atoms with van der Waals surface area (Å²) in [5.74, 6) is 5.43. The van der Waals surface area contributed by atoms with E-state index in [0.717, 1.165) is 23.7 Å². The molecule has 0 radical (unpaired) electrons. The SMILES string of the molecule is CC(C)C=CC(=O)[C@@H](C)[C@H]1CC[C@H]2[C@@H]3CCC4CCCC[C@]4(C)[C@H]3CC[C@]12C. The molecule has 0 amide bonds. The highest BCUT2D eigenvalue weighted by Crippen LogP contribution is 2.68. The third kappa shape index (κ3) is 3.24. The van der Waals surface area contributed by atoms with Gasteiger partial charge in [0.05, 0.1) is 0 Å². The zero-order valence-corrected chi connectivity index (χ0v) is 19.2. The minimum absolute atomic E-state index is 0.197. The van der Waals surface area contributed by atoms with E-state index in [9.17, 15) is 4.79 Å². The number of hydrogen-bond donors (Lipinski definition) is 0. The maximum atomic E-state index is 12.9. The van der Waals surface area contributed by atoms with Crippen molar-refractivity contribution >= 4 is 5.78 Å². The van der Waals surface area contributed by atoms with Gasteiger partial charge in [-0.3, -0.25) is 4.79 Å². The molecule has 0 heterocycles. The first kappa shape index (κ1) is 20.7. The quantitative estimate of drug-likeness (QED) is 0.460. The summed E-state index contributed by atoms with van der Waals surface area (Å²) >= 11 is 0. The molecule has 1 heteroatoms. The van der Waals surface area contributed by atoms with Gasteiger partial charge in [0.2, 0.25) is 0 Å². The van der Waals surface area contributed by atoms with Gasteiger partial charge in [-0.1, -0.05) is 53.5 Å². The summed E-state index contributed by atoms with van der Waals surface area (Å²) in [6, 6.07) is 0. The Balaban J connectivity index is 1.53. The van der Waals surface area contributed by atoms with Crippen molar-refractivity contribution in [3.8, 4) is 0 Å². The minimum atomic E-state index is 0.197. The minimum Gasteiger partial charge on any atom is -0.295 e. The van der Waals surface area contributed by atoms with E-state index in [1.54, 1.807) is 0 Å². The van der Waals surface area contributed by atoms with Crippen molar-refractivity contribution in [1.82, 2.24) is 0 Å². The molecule has 28 heavy (non-hydrogen) atoms. The molecule has 1 unspecified atom stereocenters. The Morgan fingerprint density at radius 1 is 0.857 bits per heavy atom. The number of rotatable bonds is 4. The first-order valence-corrected chi connectivity index (χ1v) is 12.5. The third-order valence-electron chi connectivity index (χ3n) is 10.4. The van der Waals surface area contributed by atoms with Crippen molar-refractivity contribution in [3.63, 3.8) is 0 Å². The molecule has 0 aromatic rings. The van der Waals surface area contributed by atoms with Gasteiger partial charge >= 0.3 is 0 Å². The normalized spacial score (nSPS) is 46.9. The van der Waals surface area contributed by atoms with E-state index >= 15 is 0 Å². The van der Waals surface area contributed by atoms with Crippen LogP contribution in [0.1, 0.15) is 98.8 Å². The lowest BCUT2D eigenvalue weighted by atomic mass is 9.44. The van der Waals surface area contributed by atoms with Crippen LogP contribution < -0.4 is 0 Å². The summed E-state index contributed by atoms with van der Waals surface area (Å²) in [6.45, 7) is 11.8. The molecule has 8 atom stereocenters. The smallest absolute Gasteiger partial charge is 0.158 e. The van der Waals surface area contributed by atoms with Gasteiger partial charge in [0.25, 0.3) is 0 Å². The van der Waals surface area contributed by atoms with Crippen molar-refractivity contribution in [2.24, 2.45) is 52.3 Å². The number of ketones is 1. The van der Waals surface area contributed by atoms with Gasteiger partial charge in [-0.15, -0.1) is 0 Å². The largest absolute Gasteiger partial charge is 0.295 e. The Hall–Kier alpha value is -0.590. The standard InChI is InChI=1S/C27H44O/c1-18(2)9-14-25(28)19(3)22-12-13-23-21-11-10-20-8-6-7-16-26(20,4)24(21)15-17-27(22,23)5/h9,14,18-24H,6-8,10-13,15-17H2,1-5H3/t19-,20?,21-,22+,23-,24-,26-,27+/m0/s1. The monoisotopic (exact) mass is 384 g/mol. The molecular formula is C27H44O. The molecule has 0 aromatic heterocycles. The van der Waals surface area contributed by atoms with Gasteiger partial charge in [0.15, 0.2) is 5.78 Å². The molecule has 4 aliphatic carbocycles. The molecule has 158 valence electrons. The zero-order valence-electron chi connectivity index (χ0n) is 19.2. The van der Waals surface area contributed by atoms with Gasteiger partial charge < -0.3 is 0 Å². The van der Waals surface area contributed by atoms with Crippen LogP contribution in [0.4, 0.5) is 0 Å². The molecule has 0 aliphatic heterocycles. The van der Waals surface area contributed by atoms with E-state index in [2.05, 4.69) is 40.7 Å². The highest BCUT2D eigenvalue weighted by Gasteiger charge is 2.60. The Morgan fingerprint density at radius 2 is 1.61 bits per heavy atom. The maximum Gasteiger partial charge on any atom is 0.158 e. The molecule has 0 bridgehead atoms. The van der Waals surface area contributed by atoms with E-state index in [4.69, 9.17) is 0 Å². The van der Waals surface area contributed by atoms with Crippen LogP contribution in [0.2, 0.25) is 0 Å². The molecule has 4 saturated carbocycles. The number of fused-ring (bicyclic) bond motifs is 5. The average Bonchev–Trinajstić information content (AvgIpc) is 3.02. The van der Waals surface area contributed by atoms with Gasteiger partial charge in [-0.25, -0.2) is 0 Å². The predicted octanol–water partition coefficient (Wildman–Crippen LogP) is 7.45. The van der Waals surface area contributed by atoms with Gasteiger partial charge in [0, 0.05) is 5.92 Å². The Kier molecular flexibility index (Phi) is 5.60. The molecule has 4 fully saturated rings. The van der Waals surface area contributed by atoms with Crippen molar-refractivity contribution in [1.29, 1.82) is 0 Å². The van der Waals surface area contributed by atoms with Crippen LogP contribution in [-0.2, 0) is 4.79 Å². The first-order valence-electron chi connectivity index (χ1n) is 12.5. The number of hydrogen-bond acceptors (Lipinski definition) is 1. The molecule has 4 aliphatic rings. The van der Waals surface area contributed by atoms with E-state index in [1.807, 2.05) is 6.08 Å². The molecule has 0 spiro atoms. The van der Waals surface area contributed by atoms with E-state index in [-0.39, 0.29) is 5.92 Å². The van der Waals surface area contributed by atoms with Crippen molar-refractivity contribution in [3.05, 3.63) is 12.2 Å². The summed E-state index contributed by atoms with van der Waals surface area (Å²) in [5.41, 5.74) is 1.03. The fraction of sp³-hybridized carbons (Fsp3) is 0.889. The van der Waals surface area contributed by atoms with E-state index in [0.29, 0.717) is 28.4 Å². The first-order chi connectivity index (χ1) is 13.3. The fourth-order valence-electron chi connectivity index (χ4n) is 8.79. The van der Waals surface area contributed by atoms with E-state index < -0.39 is 0 Å². The Bertz CT molecular complexity index is 618. The van der Waals surface area contributed by atoms with Crippen LogP contribution in [0.3, 0.4) is 0 Å². The highest BCUT2D eigenvalue weighted by molar-refractivity contribution is 5.91. The second-order valence-corrected chi connectivity index (χ2v) is 11.9. The lowest BCUT2D eigenvalue weighted by molar-refractivity contribution is -0.128. The zero-order chi connectivity index (χ0) is 20.1. The predicted molar refractivity (Wildman–Crippen MR) is 118 cm³/mol. The average molecular weight is 385 g/mol. The lowest BCUT2D eigenvalue weighted by Gasteiger charge is -2.60. The van der Waals surface area contributed by atoms with Gasteiger partial charge in [-0.05, 0) is 104 Å². The molecule has 4 rings (SSSR count). The molecular weight excluding hydrogens is 340 g/mol. The van der Waals surface area contributed by atoms with Crippen LogP contribution in [0.15, 0.2) is 12.2 Å². The van der Waals surface area contributed by atoms with Crippen LogP contribution in [0, 0.1) is 52.3 Å². The molecule has 1 nitrogen and oxygen atoms in total. The summed E-state index contributed by atoms with van der Waals surface area (Å²) < 4.78 is 0. The number of carbonyl (C=O) groups excluding carboxylic acids is 1. The highest BCUT2D eigenvalue weighted by atomic mass is 16.1. The number of allylic oxidation sites excluding steroid dienone is 2. The van der Waals surface area contributed by atoms with Crippen molar-refractivity contribution in [2.45, 2.75) is 98.8 Å². The summed E-state index contributed by atoms with van der Waals surface area (Å²) in [7, 11) is 0. The Morgan fingerprint density at radius 3 is 2.36 bits per heavy atom. The second-order valence-electron chi connectivity index (χ2n) is 11.9. The maximum absolute atomic E-state index is 12.9. The number of carbonyl (C=O) groups is 1. The van der Waals surface area contributed by atoms with Crippen LogP contribution >= 0.6 is 0 Å². The lowest BCUT2D eigenvalue weighted by Crippen LogP contribution is -2.53. The topological polar surface area (TPSA) is 17.1 Å². The summed E-state index contributed by atoms with van der Waals surface area (Å²) in [6.07, 6.45) is 18.4. The van der Waals surface area contributed by atoms with Crippen LogP contribution in [-0.4, -0.2) is 5.78 Å².